The number of anilines is 2. The predicted octanol–water partition coefficient (Wildman–Crippen LogP) is 2.28. The number of nitrogens with one attached hydrogen (secondary N) is 1. The molecule has 23 heavy (non-hydrogen) atoms. The van der Waals surface area contributed by atoms with Crippen LogP contribution in [0.3, 0.4) is 0 Å². The first-order valence-corrected chi connectivity index (χ1v) is 7.78. The Morgan fingerprint density at radius 3 is 2.43 bits per heavy atom. The molecule has 7 heteroatoms. The number of amides is 1. The molecule has 0 atom stereocenters. The van der Waals surface area contributed by atoms with Crippen molar-refractivity contribution in [1.29, 1.82) is 0 Å². The minimum atomic E-state index is -0.260. The first-order chi connectivity index (χ1) is 11.0. The Balaban J connectivity index is 1.87. The summed E-state index contributed by atoms with van der Waals surface area (Å²) < 4.78 is 5.31. The van der Waals surface area contributed by atoms with Crippen molar-refractivity contribution in [2.45, 2.75) is 39.5 Å². The van der Waals surface area contributed by atoms with Gasteiger partial charge in [0, 0.05) is 26.1 Å². The molecular weight excluding hydrogens is 294 g/mol. The normalized spacial score (nSPS) is 13.6. The monoisotopic (exact) mass is 315 g/mol. The summed E-state index contributed by atoms with van der Waals surface area (Å²) >= 11 is 0. The van der Waals surface area contributed by atoms with Gasteiger partial charge in [-0.3, -0.25) is 4.79 Å². The Kier molecular flexibility index (Phi) is 4.02. The van der Waals surface area contributed by atoms with Gasteiger partial charge in [0.25, 0.3) is 5.91 Å². The van der Waals surface area contributed by atoms with Crippen LogP contribution in [0.4, 0.5) is 11.6 Å². The highest BCUT2D eigenvalue weighted by molar-refractivity contribution is 6.04. The zero-order chi connectivity index (χ0) is 16.6. The average molecular weight is 315 g/mol. The Hall–Kier alpha value is -2.44. The van der Waals surface area contributed by atoms with Crippen molar-refractivity contribution >= 4 is 17.5 Å². The lowest BCUT2D eigenvalue weighted by molar-refractivity contribution is 0.101. The minimum Gasteiger partial charge on any atom is -0.360 e. The molecule has 0 saturated carbocycles. The standard InChI is InChI=1S/C16H21N5O2/c1-9-13(10(2)18-16(17-9)21(3)4)19-15(22)14-11-7-5-6-8-12(11)23-20-14/h5-8H2,1-4H3,(H,19,22). The maximum Gasteiger partial charge on any atom is 0.278 e. The fourth-order valence-electron chi connectivity index (χ4n) is 2.82. The second kappa shape index (κ2) is 5.98. The molecule has 0 radical (unpaired) electrons. The van der Waals surface area contributed by atoms with E-state index in [0.717, 1.165) is 48.4 Å². The van der Waals surface area contributed by atoms with Crippen molar-refractivity contribution in [3.63, 3.8) is 0 Å². The predicted molar refractivity (Wildman–Crippen MR) is 86.9 cm³/mol. The number of hydrogen-bond acceptors (Lipinski definition) is 6. The van der Waals surface area contributed by atoms with E-state index in [1.165, 1.54) is 0 Å². The number of rotatable bonds is 3. The summed E-state index contributed by atoms with van der Waals surface area (Å²) in [6.07, 6.45) is 3.85. The van der Waals surface area contributed by atoms with Crippen molar-refractivity contribution in [2.75, 3.05) is 24.3 Å². The Morgan fingerprint density at radius 1 is 1.13 bits per heavy atom. The van der Waals surface area contributed by atoms with E-state index < -0.39 is 0 Å². The third-order valence-electron chi connectivity index (χ3n) is 4.06. The fourth-order valence-corrected chi connectivity index (χ4v) is 2.82. The topological polar surface area (TPSA) is 84.2 Å². The van der Waals surface area contributed by atoms with Gasteiger partial charge in [-0.15, -0.1) is 0 Å². The first kappa shape index (κ1) is 15.5. The van der Waals surface area contributed by atoms with E-state index in [0.29, 0.717) is 17.3 Å². The molecule has 0 bridgehead atoms. The van der Waals surface area contributed by atoms with Crippen LogP contribution in [0.2, 0.25) is 0 Å². The van der Waals surface area contributed by atoms with E-state index in [9.17, 15) is 4.79 Å². The van der Waals surface area contributed by atoms with Gasteiger partial charge in [-0.1, -0.05) is 5.16 Å². The quantitative estimate of drug-likeness (QED) is 0.935. The molecule has 2 heterocycles. The van der Waals surface area contributed by atoms with Gasteiger partial charge < -0.3 is 14.7 Å². The number of nitrogens with zero attached hydrogens (tertiary/aromatic N) is 4. The minimum absolute atomic E-state index is 0.260. The molecule has 0 saturated heterocycles. The van der Waals surface area contributed by atoms with E-state index >= 15 is 0 Å². The molecule has 1 amide bonds. The van der Waals surface area contributed by atoms with Gasteiger partial charge in [0.15, 0.2) is 5.69 Å². The van der Waals surface area contributed by atoms with E-state index in [1.807, 2.05) is 32.8 Å². The zero-order valence-corrected chi connectivity index (χ0v) is 13.9. The molecule has 0 fully saturated rings. The first-order valence-electron chi connectivity index (χ1n) is 7.78. The van der Waals surface area contributed by atoms with Crippen molar-refractivity contribution < 1.29 is 9.32 Å². The summed E-state index contributed by atoms with van der Waals surface area (Å²) in [5.41, 5.74) is 3.41. The van der Waals surface area contributed by atoms with Crippen LogP contribution >= 0.6 is 0 Å². The van der Waals surface area contributed by atoms with Crippen LogP contribution in [0.1, 0.15) is 46.0 Å². The molecule has 2 aromatic rings. The number of carbonyl (C=O) groups excluding carboxylic acids is 1. The summed E-state index contributed by atoms with van der Waals surface area (Å²) in [7, 11) is 3.77. The van der Waals surface area contributed by atoms with E-state index in [2.05, 4.69) is 20.4 Å². The summed E-state index contributed by atoms with van der Waals surface area (Å²) in [5.74, 6) is 1.20. The maximum absolute atomic E-state index is 12.6. The van der Waals surface area contributed by atoms with Crippen LogP contribution in [-0.4, -0.2) is 35.1 Å². The third kappa shape index (κ3) is 2.91. The summed E-state index contributed by atoms with van der Waals surface area (Å²) in [6.45, 7) is 3.71. The molecular formula is C16H21N5O2. The molecule has 0 spiro atoms. The lowest BCUT2D eigenvalue weighted by Crippen LogP contribution is -2.20. The molecule has 0 unspecified atom stereocenters. The van der Waals surface area contributed by atoms with Gasteiger partial charge in [-0.25, -0.2) is 9.97 Å². The Morgan fingerprint density at radius 2 is 1.78 bits per heavy atom. The highest BCUT2D eigenvalue weighted by Gasteiger charge is 2.25. The smallest absolute Gasteiger partial charge is 0.278 e. The highest BCUT2D eigenvalue weighted by atomic mass is 16.5. The molecule has 3 rings (SSSR count). The van der Waals surface area contributed by atoms with Crippen LogP contribution in [0.25, 0.3) is 0 Å². The second-order valence-corrected chi connectivity index (χ2v) is 6.06. The van der Waals surface area contributed by atoms with E-state index in [-0.39, 0.29) is 5.91 Å². The summed E-state index contributed by atoms with van der Waals surface area (Å²) in [6, 6.07) is 0. The van der Waals surface area contributed by atoms with Gasteiger partial charge in [0.05, 0.1) is 17.1 Å². The van der Waals surface area contributed by atoms with Crippen molar-refractivity contribution in [1.82, 2.24) is 15.1 Å². The number of aromatic nitrogens is 3. The zero-order valence-electron chi connectivity index (χ0n) is 13.9. The molecule has 0 aliphatic heterocycles. The van der Waals surface area contributed by atoms with Crippen LogP contribution < -0.4 is 10.2 Å². The van der Waals surface area contributed by atoms with Crippen LogP contribution in [-0.2, 0) is 12.8 Å². The molecule has 1 aliphatic carbocycles. The third-order valence-corrected chi connectivity index (χ3v) is 4.06. The van der Waals surface area contributed by atoms with Crippen molar-refractivity contribution in [3.05, 3.63) is 28.4 Å². The second-order valence-electron chi connectivity index (χ2n) is 6.06. The molecule has 7 nitrogen and oxygen atoms in total. The fraction of sp³-hybridized carbons (Fsp3) is 0.500. The lowest BCUT2D eigenvalue weighted by Gasteiger charge is -2.15. The lowest BCUT2D eigenvalue weighted by atomic mass is 9.96. The number of fused-ring (bicyclic) bond motifs is 1. The molecule has 122 valence electrons. The number of carbonyl (C=O) groups is 1. The summed E-state index contributed by atoms with van der Waals surface area (Å²) in [5, 5.41) is 6.86. The Bertz CT molecular complexity index is 728. The van der Waals surface area contributed by atoms with Crippen LogP contribution in [0, 0.1) is 13.8 Å². The average Bonchev–Trinajstić information content (AvgIpc) is 2.94. The molecule has 1 N–H and O–H groups in total. The maximum atomic E-state index is 12.6. The van der Waals surface area contributed by atoms with E-state index in [4.69, 9.17) is 4.52 Å². The van der Waals surface area contributed by atoms with Gasteiger partial charge in [-0.2, -0.15) is 0 Å². The Labute approximate surface area is 135 Å². The van der Waals surface area contributed by atoms with Crippen molar-refractivity contribution in [3.8, 4) is 0 Å². The SMILES string of the molecule is Cc1nc(N(C)C)nc(C)c1NC(=O)c1noc2c1CCCC2. The van der Waals surface area contributed by atoms with Gasteiger partial charge in [0.2, 0.25) is 5.95 Å². The molecule has 1 aliphatic rings. The number of aryl methyl sites for hydroxylation is 3. The van der Waals surface area contributed by atoms with Crippen LogP contribution in [0.15, 0.2) is 4.52 Å². The van der Waals surface area contributed by atoms with Crippen LogP contribution in [0.5, 0.6) is 0 Å². The number of hydrogen-bond donors (Lipinski definition) is 1. The largest absolute Gasteiger partial charge is 0.360 e. The highest BCUT2D eigenvalue weighted by Crippen LogP contribution is 2.26. The molecule has 0 aromatic carbocycles. The van der Waals surface area contributed by atoms with Gasteiger partial charge in [0.1, 0.15) is 5.76 Å². The van der Waals surface area contributed by atoms with Gasteiger partial charge >= 0.3 is 0 Å². The van der Waals surface area contributed by atoms with Crippen molar-refractivity contribution in [2.24, 2.45) is 0 Å². The molecule has 2 aromatic heterocycles. The van der Waals surface area contributed by atoms with E-state index in [1.54, 1.807) is 0 Å². The summed E-state index contributed by atoms with van der Waals surface area (Å²) in [4.78, 5) is 23.2. The van der Waals surface area contributed by atoms with Gasteiger partial charge in [-0.05, 0) is 33.1 Å².